The quantitative estimate of drug-likeness (QED) is 0.633. The molecule has 0 radical (unpaired) electrons. The van der Waals surface area contributed by atoms with Gasteiger partial charge in [-0.25, -0.2) is 16.8 Å². The van der Waals surface area contributed by atoms with Gasteiger partial charge in [0.1, 0.15) is 6.04 Å². The normalized spacial score (nSPS) is 22.5. The van der Waals surface area contributed by atoms with Crippen LogP contribution in [0, 0.1) is 0 Å². The van der Waals surface area contributed by atoms with Gasteiger partial charge in [0.2, 0.25) is 15.9 Å². The first-order valence-electron chi connectivity index (χ1n) is 9.44. The fraction of sp³-hybridized carbons (Fsp3) is 0.611. The van der Waals surface area contributed by atoms with E-state index in [4.69, 9.17) is 0 Å². The summed E-state index contributed by atoms with van der Waals surface area (Å²) in [6.45, 7) is 2.37. The van der Waals surface area contributed by atoms with Crippen molar-refractivity contribution < 1.29 is 21.6 Å². The molecular weight excluding hydrogens is 402 g/mol. The van der Waals surface area contributed by atoms with Crippen LogP contribution in [-0.2, 0) is 24.7 Å². The number of nitrogens with zero attached hydrogens (tertiary/aromatic N) is 3. The molecule has 8 nitrogen and oxygen atoms in total. The molecule has 0 aliphatic carbocycles. The van der Waals surface area contributed by atoms with E-state index in [1.54, 1.807) is 35.2 Å². The average Bonchev–Trinajstić information content (AvgIpc) is 3.20. The van der Waals surface area contributed by atoms with E-state index >= 15 is 0 Å². The van der Waals surface area contributed by atoms with Crippen molar-refractivity contribution >= 4 is 25.8 Å². The molecule has 1 unspecified atom stereocenters. The third-order valence-electron chi connectivity index (χ3n) is 5.32. The van der Waals surface area contributed by atoms with E-state index in [0.29, 0.717) is 19.6 Å². The Balaban J connectivity index is 1.69. The highest BCUT2D eigenvalue weighted by Crippen LogP contribution is 2.19. The van der Waals surface area contributed by atoms with Crippen molar-refractivity contribution in [2.24, 2.45) is 0 Å². The first kappa shape index (κ1) is 21.2. The molecule has 2 aliphatic heterocycles. The van der Waals surface area contributed by atoms with Gasteiger partial charge in [-0.2, -0.15) is 4.31 Å². The van der Waals surface area contributed by atoms with Crippen molar-refractivity contribution in [3.05, 3.63) is 30.3 Å². The van der Waals surface area contributed by atoms with E-state index in [2.05, 4.69) is 0 Å². The first-order valence-corrected chi connectivity index (χ1v) is 12.9. The van der Waals surface area contributed by atoms with Gasteiger partial charge in [0.05, 0.1) is 16.9 Å². The lowest BCUT2D eigenvalue weighted by Crippen LogP contribution is -2.60. The molecule has 1 atom stereocenters. The molecule has 1 aromatic carbocycles. The van der Waals surface area contributed by atoms with Crippen LogP contribution in [0.15, 0.2) is 35.2 Å². The number of piperazine rings is 1. The first-order chi connectivity index (χ1) is 13.2. The zero-order valence-electron chi connectivity index (χ0n) is 16.0. The van der Waals surface area contributed by atoms with Crippen molar-refractivity contribution in [1.29, 1.82) is 0 Å². The van der Waals surface area contributed by atoms with Crippen molar-refractivity contribution in [2.45, 2.75) is 23.8 Å². The number of amides is 1. The molecule has 10 heteroatoms. The number of carbonyl (C=O) groups excluding carboxylic acids is 1. The molecule has 0 bridgehead atoms. The molecule has 2 aliphatic rings. The van der Waals surface area contributed by atoms with Gasteiger partial charge in [-0.15, -0.1) is 0 Å². The number of rotatable bonds is 6. The topological polar surface area (TPSA) is 95.1 Å². The standard InChI is InChI=1S/C18H27N3O5S2/c1-27(23,24)21-12-11-19(15-17(21)18(22)20-9-5-6-10-20)13-14-28(25,26)16-7-3-2-4-8-16/h2-4,7-8,17H,5-6,9-15H2,1H3. The Morgan fingerprint density at radius 1 is 1.00 bits per heavy atom. The molecule has 1 amide bonds. The summed E-state index contributed by atoms with van der Waals surface area (Å²) >= 11 is 0. The van der Waals surface area contributed by atoms with Crippen LogP contribution in [0.2, 0.25) is 0 Å². The Kier molecular flexibility index (Phi) is 6.43. The van der Waals surface area contributed by atoms with E-state index in [0.717, 1.165) is 19.1 Å². The zero-order valence-corrected chi connectivity index (χ0v) is 17.7. The van der Waals surface area contributed by atoms with E-state index in [1.165, 1.54) is 4.31 Å². The molecule has 2 fully saturated rings. The summed E-state index contributed by atoms with van der Waals surface area (Å²) in [6, 6.07) is 7.47. The van der Waals surface area contributed by atoms with E-state index < -0.39 is 25.9 Å². The lowest BCUT2D eigenvalue weighted by Gasteiger charge is -2.40. The van der Waals surface area contributed by atoms with Gasteiger partial charge in [-0.1, -0.05) is 18.2 Å². The second-order valence-electron chi connectivity index (χ2n) is 7.35. The predicted molar refractivity (Wildman–Crippen MR) is 106 cm³/mol. The lowest BCUT2D eigenvalue weighted by molar-refractivity contribution is -0.136. The van der Waals surface area contributed by atoms with Crippen LogP contribution in [0.25, 0.3) is 0 Å². The van der Waals surface area contributed by atoms with Crippen molar-refractivity contribution in [3.8, 4) is 0 Å². The third kappa shape index (κ3) is 4.91. The Bertz CT molecular complexity index is 896. The van der Waals surface area contributed by atoms with Crippen LogP contribution in [0.3, 0.4) is 0 Å². The Morgan fingerprint density at radius 2 is 1.64 bits per heavy atom. The molecule has 2 saturated heterocycles. The van der Waals surface area contributed by atoms with Crippen molar-refractivity contribution in [3.63, 3.8) is 0 Å². The molecule has 0 aromatic heterocycles. The summed E-state index contributed by atoms with van der Waals surface area (Å²) in [5.41, 5.74) is 0. The molecule has 2 heterocycles. The third-order valence-corrected chi connectivity index (χ3v) is 8.32. The van der Waals surface area contributed by atoms with Crippen LogP contribution < -0.4 is 0 Å². The second kappa shape index (κ2) is 8.48. The van der Waals surface area contributed by atoms with E-state index in [-0.39, 0.29) is 36.2 Å². The van der Waals surface area contributed by atoms with Gasteiger partial charge in [0.15, 0.2) is 9.84 Å². The SMILES string of the molecule is CS(=O)(=O)N1CCN(CCS(=O)(=O)c2ccccc2)CC1C(=O)N1CCCC1. The Labute approximate surface area is 167 Å². The number of hydrogen-bond donors (Lipinski definition) is 0. The molecular formula is C18H27N3O5S2. The molecule has 1 aromatic rings. The highest BCUT2D eigenvalue weighted by Gasteiger charge is 2.40. The predicted octanol–water partition coefficient (Wildman–Crippen LogP) is 0.0285. The number of sulfone groups is 1. The summed E-state index contributed by atoms with van der Waals surface area (Å²) in [6.07, 6.45) is 2.97. The van der Waals surface area contributed by atoms with E-state index in [9.17, 15) is 21.6 Å². The highest BCUT2D eigenvalue weighted by atomic mass is 32.2. The highest BCUT2D eigenvalue weighted by molar-refractivity contribution is 7.91. The van der Waals surface area contributed by atoms with Gasteiger partial charge in [0.25, 0.3) is 0 Å². The zero-order chi connectivity index (χ0) is 20.4. The smallest absolute Gasteiger partial charge is 0.242 e. The molecule has 0 N–H and O–H groups in total. The number of likely N-dealkylation sites (tertiary alicyclic amines) is 1. The lowest BCUT2D eigenvalue weighted by atomic mass is 10.2. The molecule has 156 valence electrons. The summed E-state index contributed by atoms with van der Waals surface area (Å²) in [5, 5.41) is 0. The summed E-state index contributed by atoms with van der Waals surface area (Å²) in [5.74, 6) is -0.251. The molecule has 0 spiro atoms. The largest absolute Gasteiger partial charge is 0.341 e. The minimum Gasteiger partial charge on any atom is -0.341 e. The Hall–Kier alpha value is -1.49. The van der Waals surface area contributed by atoms with Gasteiger partial charge >= 0.3 is 0 Å². The molecule has 3 rings (SSSR count). The number of hydrogen-bond acceptors (Lipinski definition) is 6. The van der Waals surface area contributed by atoms with Crippen molar-refractivity contribution in [2.75, 3.05) is 51.3 Å². The fourth-order valence-corrected chi connectivity index (χ4v) is 6.11. The summed E-state index contributed by atoms with van der Waals surface area (Å²) < 4.78 is 50.6. The fourth-order valence-electron chi connectivity index (χ4n) is 3.77. The van der Waals surface area contributed by atoms with Crippen LogP contribution in [0.1, 0.15) is 12.8 Å². The average molecular weight is 430 g/mol. The minimum atomic E-state index is -3.52. The Morgan fingerprint density at radius 3 is 2.25 bits per heavy atom. The minimum absolute atomic E-state index is 0.0689. The number of sulfonamides is 1. The summed E-state index contributed by atoms with van der Waals surface area (Å²) in [4.78, 5) is 16.8. The van der Waals surface area contributed by atoms with Gasteiger partial charge in [-0.05, 0) is 25.0 Å². The van der Waals surface area contributed by atoms with Crippen LogP contribution in [0.4, 0.5) is 0 Å². The molecule has 28 heavy (non-hydrogen) atoms. The van der Waals surface area contributed by atoms with Crippen molar-refractivity contribution in [1.82, 2.24) is 14.1 Å². The number of benzene rings is 1. The maximum absolute atomic E-state index is 12.9. The van der Waals surface area contributed by atoms with Crippen LogP contribution in [0.5, 0.6) is 0 Å². The van der Waals surface area contributed by atoms with Gasteiger partial charge < -0.3 is 4.90 Å². The van der Waals surface area contributed by atoms with Crippen LogP contribution in [-0.4, -0.2) is 94.2 Å². The van der Waals surface area contributed by atoms with E-state index in [1.807, 2.05) is 4.90 Å². The maximum Gasteiger partial charge on any atom is 0.242 e. The van der Waals surface area contributed by atoms with Gasteiger partial charge in [0, 0.05) is 39.3 Å². The maximum atomic E-state index is 12.9. The van der Waals surface area contributed by atoms with Gasteiger partial charge in [-0.3, -0.25) is 9.69 Å². The van der Waals surface area contributed by atoms with Crippen LogP contribution >= 0.6 is 0 Å². The molecule has 0 saturated carbocycles. The summed E-state index contributed by atoms with van der Waals surface area (Å²) in [7, 11) is -6.94. The number of carbonyl (C=O) groups is 1. The second-order valence-corrected chi connectivity index (χ2v) is 11.4. The monoisotopic (exact) mass is 429 g/mol.